The first-order chi connectivity index (χ1) is 24.2. The lowest BCUT2D eigenvalue weighted by Gasteiger charge is -2.47. The maximum absolute atomic E-state index is 14.0. The molecular formula is C32H32ClF3N10O5. The Labute approximate surface area is 292 Å². The van der Waals surface area contributed by atoms with Crippen molar-refractivity contribution in [2.45, 2.75) is 42.8 Å². The van der Waals surface area contributed by atoms with E-state index in [2.05, 4.69) is 31.0 Å². The van der Waals surface area contributed by atoms with Gasteiger partial charge in [-0.1, -0.05) is 11.6 Å². The van der Waals surface area contributed by atoms with Crippen LogP contribution in [0, 0.1) is 0 Å². The Hall–Kier alpha value is -5.04. The maximum atomic E-state index is 14.0. The summed E-state index contributed by atoms with van der Waals surface area (Å²) in [6.45, 7) is 1.44. The number of pyridine rings is 1. The number of nitrogens with two attached hydrogens (primary N) is 1. The third-order valence-corrected chi connectivity index (χ3v) is 9.46. The van der Waals surface area contributed by atoms with Crippen molar-refractivity contribution in [3.63, 3.8) is 0 Å². The molecule has 15 nitrogen and oxygen atoms in total. The number of nitrogens with zero attached hydrogens (tertiary/aromatic N) is 6. The lowest BCUT2D eigenvalue weighted by molar-refractivity contribution is -0.159. The molecule has 3 saturated heterocycles. The van der Waals surface area contributed by atoms with Crippen molar-refractivity contribution in [1.29, 1.82) is 0 Å². The SMILES string of the molecule is Cn1c(-c2cn(-c3ccc(N)cn3)nc2C(F)(F)F)cnc1C(=O)Nc1ccc(C(=O)N[C@@H]2COC3(C2)CN(C(=O)[C@@H]2C[C@@H](O)CN2)C3)c(Cl)c1. The molecule has 3 aliphatic rings. The van der Waals surface area contributed by atoms with Crippen LogP contribution in [-0.2, 0) is 22.8 Å². The molecule has 3 atom stereocenters. The van der Waals surface area contributed by atoms with Gasteiger partial charge in [0.2, 0.25) is 5.91 Å². The topological polar surface area (TPSA) is 195 Å². The van der Waals surface area contributed by atoms with Gasteiger partial charge in [0.25, 0.3) is 11.8 Å². The van der Waals surface area contributed by atoms with Gasteiger partial charge in [0.1, 0.15) is 5.60 Å². The van der Waals surface area contributed by atoms with Gasteiger partial charge >= 0.3 is 6.18 Å². The Morgan fingerprint density at radius 2 is 1.92 bits per heavy atom. The summed E-state index contributed by atoms with van der Waals surface area (Å²) in [5, 5.41) is 22.0. The summed E-state index contributed by atoms with van der Waals surface area (Å²) in [4.78, 5) is 48.8. The van der Waals surface area contributed by atoms with Crippen LogP contribution in [0.25, 0.3) is 17.1 Å². The van der Waals surface area contributed by atoms with Crippen molar-refractivity contribution in [2.75, 3.05) is 37.3 Å². The summed E-state index contributed by atoms with van der Waals surface area (Å²) in [7, 11) is 1.39. The van der Waals surface area contributed by atoms with E-state index in [1.165, 1.54) is 48.1 Å². The number of carbonyl (C=O) groups excluding carboxylic acids is 3. The number of aromatic nitrogens is 5. The van der Waals surface area contributed by atoms with Crippen molar-refractivity contribution >= 4 is 40.7 Å². The van der Waals surface area contributed by atoms with Gasteiger partial charge in [-0.25, -0.2) is 14.6 Å². The fourth-order valence-corrected chi connectivity index (χ4v) is 6.87. The molecule has 0 radical (unpaired) electrons. The van der Waals surface area contributed by atoms with Crippen LogP contribution in [0.5, 0.6) is 0 Å². The number of β-amino-alcohol motifs (C(OH)–C–C–N with tert-alkyl or cyclic N) is 1. The van der Waals surface area contributed by atoms with Crippen LogP contribution < -0.4 is 21.7 Å². The summed E-state index contributed by atoms with van der Waals surface area (Å²) >= 11 is 6.44. The number of alkyl halides is 3. The minimum Gasteiger partial charge on any atom is -0.397 e. The molecule has 6 N–H and O–H groups in total. The third kappa shape index (κ3) is 6.74. The van der Waals surface area contributed by atoms with Crippen LogP contribution in [0.4, 0.5) is 24.5 Å². The first-order valence-corrected chi connectivity index (χ1v) is 16.2. The molecule has 268 valence electrons. The van der Waals surface area contributed by atoms with E-state index in [-0.39, 0.29) is 57.7 Å². The Kier molecular flexibility index (Phi) is 8.73. The molecule has 7 rings (SSSR count). The van der Waals surface area contributed by atoms with E-state index >= 15 is 0 Å². The Morgan fingerprint density at radius 3 is 2.59 bits per heavy atom. The van der Waals surface area contributed by atoms with E-state index < -0.39 is 41.4 Å². The highest BCUT2D eigenvalue weighted by atomic mass is 35.5. The molecular weight excluding hydrogens is 697 g/mol. The third-order valence-electron chi connectivity index (χ3n) is 9.15. The van der Waals surface area contributed by atoms with E-state index in [4.69, 9.17) is 22.1 Å². The number of nitrogen functional groups attached to an aromatic ring is 1. The molecule has 0 aliphatic carbocycles. The number of nitrogens with one attached hydrogen (secondary N) is 3. The zero-order valence-electron chi connectivity index (χ0n) is 26.9. The largest absolute Gasteiger partial charge is 0.435 e. The number of carbonyl (C=O) groups is 3. The van der Waals surface area contributed by atoms with Gasteiger partial charge in [-0.3, -0.25) is 14.4 Å². The van der Waals surface area contributed by atoms with Gasteiger partial charge in [0.05, 0.1) is 77.8 Å². The highest BCUT2D eigenvalue weighted by Crippen LogP contribution is 2.38. The van der Waals surface area contributed by atoms with Crippen LogP contribution in [0.2, 0.25) is 5.02 Å². The maximum Gasteiger partial charge on any atom is 0.435 e. The van der Waals surface area contributed by atoms with Gasteiger partial charge < -0.3 is 41.0 Å². The molecule has 51 heavy (non-hydrogen) atoms. The average molecular weight is 729 g/mol. The summed E-state index contributed by atoms with van der Waals surface area (Å²) in [5.74, 6) is -1.36. The Balaban J connectivity index is 0.983. The molecule has 3 aliphatic heterocycles. The van der Waals surface area contributed by atoms with E-state index in [1.807, 2.05) is 0 Å². The summed E-state index contributed by atoms with van der Waals surface area (Å²) in [6, 6.07) is 6.44. The Morgan fingerprint density at radius 1 is 1.14 bits per heavy atom. The van der Waals surface area contributed by atoms with Crippen molar-refractivity contribution in [2.24, 2.45) is 7.05 Å². The molecule has 6 heterocycles. The number of hydrogen-bond donors (Lipinski definition) is 5. The highest BCUT2D eigenvalue weighted by Gasteiger charge is 2.52. The second-order valence-corrected chi connectivity index (χ2v) is 13.3. The molecule has 3 amide bonds. The summed E-state index contributed by atoms with van der Waals surface area (Å²) in [6.07, 6.45) is -0.915. The van der Waals surface area contributed by atoms with Gasteiger partial charge in [0, 0.05) is 31.9 Å². The van der Waals surface area contributed by atoms with E-state index in [9.17, 15) is 32.7 Å². The first-order valence-electron chi connectivity index (χ1n) is 15.9. The number of anilines is 2. The zero-order chi connectivity index (χ0) is 36.2. The molecule has 3 fully saturated rings. The smallest absolute Gasteiger partial charge is 0.397 e. The molecule has 4 aromatic rings. The standard InChI is InChI=1S/C32H32ClF3N10O5/c1-44-24(21-12-46(43-26(21)32(34,35)36)25-5-2-16(37)9-39-25)11-40-27(44)29(49)41-17-3-4-20(22(33)6-17)28(48)42-18-8-31(51-13-18)14-45(15-31)30(50)23-7-19(47)10-38-23/h2-6,9,11-12,18-19,23,38,47H,7-8,10,13-15,37H2,1H3,(H,41,49)(H,42,48)/t18-,19+,23-/m0/s1. The summed E-state index contributed by atoms with van der Waals surface area (Å²) < 4.78 is 50.2. The highest BCUT2D eigenvalue weighted by molar-refractivity contribution is 6.34. The molecule has 0 saturated carbocycles. The number of rotatable bonds is 7. The van der Waals surface area contributed by atoms with Crippen LogP contribution >= 0.6 is 11.6 Å². The predicted molar refractivity (Wildman–Crippen MR) is 176 cm³/mol. The van der Waals surface area contributed by atoms with Gasteiger partial charge in [-0.2, -0.15) is 18.3 Å². The van der Waals surface area contributed by atoms with Crippen molar-refractivity contribution in [3.8, 4) is 17.1 Å². The minimum absolute atomic E-state index is 0.0243. The number of imidazole rings is 1. The second kappa shape index (κ2) is 12.9. The molecule has 19 heteroatoms. The lowest BCUT2D eigenvalue weighted by Crippen LogP contribution is -2.65. The number of likely N-dealkylation sites (tertiary alicyclic amines) is 1. The Bertz CT molecular complexity index is 2010. The summed E-state index contributed by atoms with van der Waals surface area (Å²) in [5.41, 5.74) is 4.25. The monoisotopic (exact) mass is 728 g/mol. The van der Waals surface area contributed by atoms with E-state index in [0.717, 1.165) is 17.1 Å². The van der Waals surface area contributed by atoms with Crippen LogP contribution in [0.1, 0.15) is 39.5 Å². The van der Waals surface area contributed by atoms with Crippen LogP contribution in [-0.4, -0.2) is 102 Å². The molecule has 0 unspecified atom stereocenters. The van der Waals surface area contributed by atoms with Crippen LogP contribution in [0.15, 0.2) is 48.9 Å². The van der Waals surface area contributed by atoms with Gasteiger partial charge in [0.15, 0.2) is 17.3 Å². The fraction of sp³-hybridized carbons (Fsp3) is 0.375. The zero-order valence-corrected chi connectivity index (χ0v) is 27.7. The van der Waals surface area contributed by atoms with Crippen LogP contribution in [0.3, 0.4) is 0 Å². The minimum atomic E-state index is -4.82. The second-order valence-electron chi connectivity index (χ2n) is 12.9. The van der Waals surface area contributed by atoms with Crippen molar-refractivity contribution in [1.82, 2.24) is 39.8 Å². The van der Waals surface area contributed by atoms with Gasteiger partial charge in [-0.15, -0.1) is 0 Å². The number of aliphatic hydroxyl groups is 1. The van der Waals surface area contributed by atoms with Crippen molar-refractivity contribution < 1.29 is 37.4 Å². The van der Waals surface area contributed by atoms with Gasteiger partial charge in [-0.05, 0) is 36.8 Å². The number of aliphatic hydroxyl groups excluding tert-OH is 1. The number of benzene rings is 1. The predicted octanol–water partition coefficient (Wildman–Crippen LogP) is 2.00. The van der Waals surface area contributed by atoms with Crippen molar-refractivity contribution in [3.05, 3.63) is 71.0 Å². The van der Waals surface area contributed by atoms with E-state index in [0.29, 0.717) is 38.2 Å². The van der Waals surface area contributed by atoms with E-state index in [1.54, 1.807) is 4.90 Å². The molecule has 1 spiro atoms. The first kappa shape index (κ1) is 34.4. The fourth-order valence-electron chi connectivity index (χ4n) is 6.61. The number of amides is 3. The number of hydrogen-bond acceptors (Lipinski definition) is 10. The molecule has 1 aromatic carbocycles. The average Bonchev–Trinajstić information content (AvgIpc) is 3.86. The lowest BCUT2D eigenvalue weighted by atomic mass is 9.88. The molecule has 3 aromatic heterocycles. The number of ether oxygens (including phenoxy) is 1. The quantitative estimate of drug-likeness (QED) is 0.188. The number of halogens is 4. The normalized spacial score (nSPS) is 21.1. The molecule has 0 bridgehead atoms.